The number of aliphatic hydroxyl groups excluding tert-OH is 1. The van der Waals surface area contributed by atoms with Crippen LogP contribution in [-0.4, -0.2) is 28.9 Å². The Bertz CT molecular complexity index is 1460. The van der Waals surface area contributed by atoms with Crippen molar-refractivity contribution in [1.82, 2.24) is 4.98 Å². The van der Waals surface area contributed by atoms with Gasteiger partial charge in [-0.1, -0.05) is 23.5 Å². The van der Waals surface area contributed by atoms with Crippen molar-refractivity contribution in [1.29, 1.82) is 0 Å². The van der Waals surface area contributed by atoms with Crippen LogP contribution in [0.15, 0.2) is 72.3 Å². The van der Waals surface area contributed by atoms with Gasteiger partial charge in [-0.25, -0.2) is 13.8 Å². The number of methoxy groups -OCH3 is 1. The van der Waals surface area contributed by atoms with Gasteiger partial charge in [-0.2, -0.15) is 0 Å². The third-order valence-electron chi connectivity index (χ3n) is 5.54. The first kappa shape index (κ1) is 21.7. The Kier molecular flexibility index (Phi) is 5.33. The number of ether oxygens (including phenoxy) is 1. The molecule has 5 rings (SSSR count). The van der Waals surface area contributed by atoms with Crippen molar-refractivity contribution in [3.8, 4) is 5.75 Å². The van der Waals surface area contributed by atoms with E-state index in [-0.39, 0.29) is 16.3 Å². The summed E-state index contributed by atoms with van der Waals surface area (Å²) < 4.78 is 32.8. The second-order valence-corrected chi connectivity index (χ2v) is 8.57. The zero-order chi connectivity index (χ0) is 24.0. The van der Waals surface area contributed by atoms with E-state index >= 15 is 0 Å². The second-order valence-electron chi connectivity index (χ2n) is 7.56. The van der Waals surface area contributed by atoms with Crippen molar-refractivity contribution in [3.63, 3.8) is 0 Å². The number of fused-ring (bicyclic) bond motifs is 1. The van der Waals surface area contributed by atoms with Gasteiger partial charge in [0.15, 0.2) is 5.13 Å². The van der Waals surface area contributed by atoms with E-state index in [9.17, 15) is 23.5 Å². The molecule has 1 amide bonds. The minimum atomic E-state index is -1.01. The molecule has 0 radical (unpaired) electrons. The maximum Gasteiger partial charge on any atom is 0.301 e. The van der Waals surface area contributed by atoms with Crippen LogP contribution in [0.25, 0.3) is 16.0 Å². The summed E-state index contributed by atoms with van der Waals surface area (Å²) in [7, 11) is 1.51. The molecule has 4 aromatic rings. The maximum absolute atomic E-state index is 13.7. The Balaban J connectivity index is 1.72. The average molecular weight is 478 g/mol. The lowest BCUT2D eigenvalue weighted by Gasteiger charge is -2.23. The van der Waals surface area contributed by atoms with Crippen LogP contribution in [0.3, 0.4) is 0 Å². The summed E-state index contributed by atoms with van der Waals surface area (Å²) in [6.07, 6.45) is 0. The Labute approximate surface area is 196 Å². The molecule has 2 heterocycles. The topological polar surface area (TPSA) is 79.7 Å². The number of hydrogen-bond acceptors (Lipinski definition) is 6. The summed E-state index contributed by atoms with van der Waals surface area (Å²) in [5, 5.41) is 11.2. The molecular weight excluding hydrogens is 462 g/mol. The monoisotopic (exact) mass is 478 g/mol. The van der Waals surface area contributed by atoms with Crippen LogP contribution < -0.4 is 9.64 Å². The van der Waals surface area contributed by atoms with E-state index in [1.165, 1.54) is 42.3 Å². The van der Waals surface area contributed by atoms with Gasteiger partial charge < -0.3 is 9.84 Å². The SMILES string of the molecule is COc1ccc([C@H]2C(=C(O)c3ccc(F)cc3)C(=O)C(=O)N2c2nc3ccc(F)cc3s2)cc1. The number of aromatic nitrogens is 1. The molecular formula is C25H16F2N2O4S. The van der Waals surface area contributed by atoms with Crippen LogP contribution in [0.4, 0.5) is 13.9 Å². The lowest BCUT2D eigenvalue weighted by atomic mass is 9.95. The Hall–Kier alpha value is -4.11. The Morgan fingerprint density at radius 3 is 2.35 bits per heavy atom. The molecule has 0 saturated carbocycles. The summed E-state index contributed by atoms with van der Waals surface area (Å²) in [4.78, 5) is 32.0. The molecule has 1 aromatic heterocycles. The van der Waals surface area contributed by atoms with E-state index in [0.29, 0.717) is 21.5 Å². The van der Waals surface area contributed by atoms with E-state index in [4.69, 9.17) is 4.74 Å². The van der Waals surface area contributed by atoms with Gasteiger partial charge in [-0.05, 0) is 60.2 Å². The summed E-state index contributed by atoms with van der Waals surface area (Å²) >= 11 is 1.06. The molecule has 3 aromatic carbocycles. The molecule has 1 N–H and O–H groups in total. The van der Waals surface area contributed by atoms with E-state index in [1.807, 2.05) is 0 Å². The largest absolute Gasteiger partial charge is 0.507 e. The van der Waals surface area contributed by atoms with Gasteiger partial charge in [0.25, 0.3) is 5.78 Å². The van der Waals surface area contributed by atoms with Crippen LogP contribution in [0.1, 0.15) is 17.2 Å². The first-order valence-electron chi connectivity index (χ1n) is 10.1. The highest BCUT2D eigenvalue weighted by Gasteiger charge is 2.48. The minimum Gasteiger partial charge on any atom is -0.507 e. The number of benzene rings is 3. The molecule has 1 atom stereocenters. The summed E-state index contributed by atoms with van der Waals surface area (Å²) in [6, 6.07) is 14.7. The highest BCUT2D eigenvalue weighted by atomic mass is 32.1. The molecule has 1 aliphatic rings. The molecule has 0 aliphatic carbocycles. The number of nitrogens with zero attached hydrogens (tertiary/aromatic N) is 2. The normalized spacial score (nSPS) is 17.5. The molecule has 1 fully saturated rings. The number of rotatable bonds is 4. The minimum absolute atomic E-state index is 0.160. The number of halogens is 2. The molecule has 1 aliphatic heterocycles. The van der Waals surface area contributed by atoms with Gasteiger partial charge in [0.2, 0.25) is 0 Å². The summed E-state index contributed by atoms with van der Waals surface area (Å²) in [5.74, 6) is -2.63. The number of carbonyl (C=O) groups is 2. The molecule has 0 bridgehead atoms. The van der Waals surface area contributed by atoms with Gasteiger partial charge in [0.05, 0.1) is 28.9 Å². The first-order chi connectivity index (χ1) is 16.4. The van der Waals surface area contributed by atoms with Gasteiger partial charge >= 0.3 is 5.91 Å². The number of aliphatic hydroxyl groups is 1. The summed E-state index contributed by atoms with van der Waals surface area (Å²) in [5.41, 5.74) is 1.01. The first-order valence-corrected chi connectivity index (χ1v) is 11.0. The molecule has 34 heavy (non-hydrogen) atoms. The quantitative estimate of drug-likeness (QED) is 0.248. The third-order valence-corrected chi connectivity index (χ3v) is 6.56. The highest BCUT2D eigenvalue weighted by Crippen LogP contribution is 2.44. The third kappa shape index (κ3) is 3.60. The average Bonchev–Trinajstić information content (AvgIpc) is 3.37. The lowest BCUT2D eigenvalue weighted by Crippen LogP contribution is -2.29. The lowest BCUT2D eigenvalue weighted by molar-refractivity contribution is -0.132. The second kappa shape index (κ2) is 8.35. The number of anilines is 1. The van der Waals surface area contributed by atoms with Crippen LogP contribution in [0.2, 0.25) is 0 Å². The van der Waals surface area contributed by atoms with E-state index in [0.717, 1.165) is 23.5 Å². The van der Waals surface area contributed by atoms with Gasteiger partial charge in [-0.15, -0.1) is 0 Å². The number of hydrogen-bond donors (Lipinski definition) is 1. The number of thiazole rings is 1. The molecule has 6 nitrogen and oxygen atoms in total. The van der Waals surface area contributed by atoms with Crippen LogP contribution in [-0.2, 0) is 9.59 Å². The molecule has 1 saturated heterocycles. The maximum atomic E-state index is 13.7. The van der Waals surface area contributed by atoms with Crippen molar-refractivity contribution in [2.45, 2.75) is 6.04 Å². The zero-order valence-corrected chi connectivity index (χ0v) is 18.5. The molecule has 9 heteroatoms. The highest BCUT2D eigenvalue weighted by molar-refractivity contribution is 7.22. The predicted octanol–water partition coefficient (Wildman–Crippen LogP) is 5.21. The van der Waals surface area contributed by atoms with Crippen LogP contribution >= 0.6 is 11.3 Å². The predicted molar refractivity (Wildman–Crippen MR) is 124 cm³/mol. The van der Waals surface area contributed by atoms with Gasteiger partial charge in [0.1, 0.15) is 23.1 Å². The zero-order valence-electron chi connectivity index (χ0n) is 17.7. The van der Waals surface area contributed by atoms with Crippen LogP contribution in [0, 0.1) is 11.6 Å². The van der Waals surface area contributed by atoms with Crippen molar-refractivity contribution in [2.24, 2.45) is 0 Å². The van der Waals surface area contributed by atoms with Gasteiger partial charge in [-0.3, -0.25) is 14.5 Å². The van der Waals surface area contributed by atoms with E-state index < -0.39 is 35.1 Å². The van der Waals surface area contributed by atoms with Gasteiger partial charge in [0, 0.05) is 5.56 Å². The van der Waals surface area contributed by atoms with Crippen molar-refractivity contribution in [3.05, 3.63) is 95.1 Å². The van der Waals surface area contributed by atoms with E-state index in [2.05, 4.69) is 4.98 Å². The number of Topliss-reactive ketones (excluding diaryl/α,β-unsaturated/α-hetero) is 1. The standard InChI is InChI=1S/C25H16F2N2O4S/c1-33-17-9-4-13(5-10-17)21-20(22(30)14-2-6-15(26)7-3-14)23(31)24(32)29(21)25-28-18-11-8-16(27)12-19(18)34-25/h2-12,21,30H,1H3/t21-/m0/s1. The Morgan fingerprint density at radius 2 is 1.68 bits per heavy atom. The number of ketones is 1. The fraction of sp³-hybridized carbons (Fsp3) is 0.0800. The van der Waals surface area contributed by atoms with E-state index in [1.54, 1.807) is 24.3 Å². The van der Waals surface area contributed by atoms with Crippen molar-refractivity contribution in [2.75, 3.05) is 12.0 Å². The van der Waals surface area contributed by atoms with Crippen molar-refractivity contribution < 1.29 is 28.2 Å². The Morgan fingerprint density at radius 1 is 1.00 bits per heavy atom. The fourth-order valence-electron chi connectivity index (χ4n) is 3.88. The fourth-order valence-corrected chi connectivity index (χ4v) is 4.90. The molecule has 0 spiro atoms. The van der Waals surface area contributed by atoms with Crippen molar-refractivity contribution >= 4 is 44.1 Å². The number of carbonyl (C=O) groups excluding carboxylic acids is 2. The molecule has 170 valence electrons. The van der Waals surface area contributed by atoms with Crippen LogP contribution in [0.5, 0.6) is 5.75 Å². The number of amides is 1. The summed E-state index contributed by atoms with van der Waals surface area (Å²) in [6.45, 7) is 0. The smallest absolute Gasteiger partial charge is 0.301 e. The molecule has 0 unspecified atom stereocenters.